The van der Waals surface area contributed by atoms with Gasteiger partial charge in [0.2, 0.25) is 0 Å². The Labute approximate surface area is 59.7 Å². The van der Waals surface area contributed by atoms with Crippen LogP contribution in [0.2, 0.25) is 0 Å². The third kappa shape index (κ3) is 215. The molecule has 0 aliphatic rings. The van der Waals surface area contributed by atoms with Gasteiger partial charge in [0, 0.05) is 5.38 Å². The van der Waals surface area contributed by atoms with Crippen molar-refractivity contribution in [2.75, 3.05) is 5.34 Å². The van der Waals surface area contributed by atoms with Crippen LogP contribution in [0.15, 0.2) is 0 Å². The van der Waals surface area contributed by atoms with Crippen molar-refractivity contribution >= 4 is 34.8 Å². The summed E-state index contributed by atoms with van der Waals surface area (Å²) in [5, 5.41) is 0.500. The average Bonchev–Trinajstić information content (AvgIpc) is 1.33. The van der Waals surface area contributed by atoms with Gasteiger partial charge >= 0.3 is 0 Å². The van der Waals surface area contributed by atoms with Crippen LogP contribution >= 0.6 is 34.8 Å². The quantitative estimate of drug-likeness (QED) is 0.482. The average molecular weight is 163 g/mol. The van der Waals surface area contributed by atoms with Crippen LogP contribution in [-0.4, -0.2) is 10.7 Å². The summed E-state index contributed by atoms with van der Waals surface area (Å²) >= 11 is 14.8. The molecule has 0 saturated carbocycles. The van der Waals surface area contributed by atoms with Crippen molar-refractivity contribution in [2.45, 2.75) is 19.2 Å². The molecule has 0 N–H and O–H groups in total. The molecular weight excluding hydrogens is 154 g/mol. The first kappa shape index (κ1) is 10.8. The fourth-order valence-corrected chi connectivity index (χ4v) is 0. The predicted molar refractivity (Wildman–Crippen MR) is 37.6 cm³/mol. The summed E-state index contributed by atoms with van der Waals surface area (Å²) in [7, 11) is 0. The van der Waals surface area contributed by atoms with Gasteiger partial charge in [0.05, 0.1) is 5.34 Å². The van der Waals surface area contributed by atoms with Crippen LogP contribution in [0.25, 0.3) is 0 Å². The molecule has 0 radical (unpaired) electrons. The van der Waals surface area contributed by atoms with E-state index in [4.69, 9.17) is 34.8 Å². The van der Waals surface area contributed by atoms with E-state index in [0.29, 0.717) is 5.38 Å². The highest BCUT2D eigenvalue weighted by atomic mass is 35.5. The summed E-state index contributed by atoms with van der Waals surface area (Å²) in [4.78, 5) is 0. The van der Waals surface area contributed by atoms with E-state index in [9.17, 15) is 0 Å². The summed E-state index contributed by atoms with van der Waals surface area (Å²) in [6.07, 6.45) is 0. The fraction of sp³-hybridized carbons (Fsp3) is 1.00. The number of hydrogen-bond donors (Lipinski definition) is 0. The lowest BCUT2D eigenvalue weighted by Gasteiger charge is -1.76. The number of rotatable bonds is 0. The van der Waals surface area contributed by atoms with E-state index in [1.165, 1.54) is 0 Å². The van der Waals surface area contributed by atoms with E-state index < -0.39 is 0 Å². The van der Waals surface area contributed by atoms with Crippen molar-refractivity contribution in [3.8, 4) is 0 Å². The molecule has 0 aliphatic heterocycles. The topological polar surface area (TPSA) is 0 Å². The fourth-order valence-electron chi connectivity index (χ4n) is 0. The third-order valence-electron chi connectivity index (χ3n) is 0. The molecule has 0 aromatic heterocycles. The number of alkyl halides is 3. The summed E-state index contributed by atoms with van der Waals surface area (Å²) in [5.41, 5.74) is 0. The molecule has 0 saturated heterocycles. The van der Waals surface area contributed by atoms with Gasteiger partial charge in [-0.15, -0.1) is 34.8 Å². The van der Waals surface area contributed by atoms with Crippen molar-refractivity contribution in [3.05, 3.63) is 0 Å². The smallest absolute Gasteiger partial charge is 0.0967 e. The van der Waals surface area contributed by atoms with Gasteiger partial charge in [0.1, 0.15) is 0 Å². The van der Waals surface area contributed by atoms with Gasteiger partial charge in [-0.05, 0) is 13.8 Å². The SMILES string of the molecule is CC(C)Cl.ClCCl. The molecule has 0 amide bonds. The molecule has 0 heterocycles. The van der Waals surface area contributed by atoms with Crippen LogP contribution in [0.3, 0.4) is 0 Å². The molecule has 0 unspecified atom stereocenters. The van der Waals surface area contributed by atoms with Crippen LogP contribution in [0, 0.1) is 0 Å². The maximum absolute atomic E-state index is 5.27. The molecule has 0 aromatic carbocycles. The summed E-state index contributed by atoms with van der Waals surface area (Å²) < 4.78 is 0. The zero-order valence-corrected chi connectivity index (χ0v) is 6.69. The Hall–Kier alpha value is 0.870. The molecular formula is C4H9Cl3. The maximum Gasteiger partial charge on any atom is 0.0967 e. The second-order valence-corrected chi connectivity index (χ2v) is 2.80. The molecule has 0 aromatic rings. The summed E-state index contributed by atoms with van der Waals surface area (Å²) in [5.74, 6) is 0. The summed E-state index contributed by atoms with van der Waals surface area (Å²) in [6, 6.07) is 0. The first-order chi connectivity index (χ1) is 3.15. The number of hydrogen-bond acceptors (Lipinski definition) is 0. The largest absolute Gasteiger partial charge is 0.124 e. The second kappa shape index (κ2) is 9.98. The Morgan fingerprint density at radius 2 is 1.29 bits per heavy atom. The van der Waals surface area contributed by atoms with E-state index in [2.05, 4.69) is 0 Å². The van der Waals surface area contributed by atoms with Gasteiger partial charge in [0.25, 0.3) is 0 Å². The van der Waals surface area contributed by atoms with Gasteiger partial charge in [-0.1, -0.05) is 0 Å². The van der Waals surface area contributed by atoms with Crippen molar-refractivity contribution in [1.82, 2.24) is 0 Å². The zero-order valence-electron chi connectivity index (χ0n) is 4.42. The maximum atomic E-state index is 5.27. The first-order valence-electron chi connectivity index (χ1n) is 1.91. The van der Waals surface area contributed by atoms with Crippen LogP contribution in [0.4, 0.5) is 0 Å². The molecule has 0 spiro atoms. The minimum absolute atomic E-state index is 0.194. The van der Waals surface area contributed by atoms with Gasteiger partial charge in [0.15, 0.2) is 0 Å². The highest BCUT2D eigenvalue weighted by molar-refractivity contribution is 6.40. The van der Waals surface area contributed by atoms with Crippen LogP contribution in [0.1, 0.15) is 13.8 Å². The van der Waals surface area contributed by atoms with Crippen molar-refractivity contribution in [1.29, 1.82) is 0 Å². The molecule has 0 bridgehead atoms. The van der Waals surface area contributed by atoms with Gasteiger partial charge in [-0.2, -0.15) is 0 Å². The molecule has 46 valence electrons. The highest BCUT2D eigenvalue weighted by Crippen LogP contribution is 1.84. The predicted octanol–water partition coefficient (Wildman–Crippen LogP) is 3.06. The number of halogens is 3. The van der Waals surface area contributed by atoms with Crippen LogP contribution in [0.5, 0.6) is 0 Å². The Morgan fingerprint density at radius 1 is 1.29 bits per heavy atom. The molecule has 0 fully saturated rings. The second-order valence-electron chi connectivity index (χ2n) is 1.11. The summed E-state index contributed by atoms with van der Waals surface area (Å²) in [6.45, 7) is 3.86. The van der Waals surface area contributed by atoms with E-state index >= 15 is 0 Å². The van der Waals surface area contributed by atoms with E-state index in [1.54, 1.807) is 0 Å². The molecule has 7 heavy (non-hydrogen) atoms. The van der Waals surface area contributed by atoms with Gasteiger partial charge < -0.3 is 0 Å². The van der Waals surface area contributed by atoms with E-state index in [0.717, 1.165) is 0 Å². The molecule has 0 atom stereocenters. The minimum atomic E-state index is 0.194. The Kier molecular flexibility index (Phi) is 15.4. The Bertz CT molecular complexity index is 18.1. The zero-order chi connectivity index (χ0) is 6.28. The highest BCUT2D eigenvalue weighted by Gasteiger charge is 1.71. The van der Waals surface area contributed by atoms with Crippen LogP contribution in [-0.2, 0) is 0 Å². The standard InChI is InChI=1S/C3H7Cl.CH2Cl2/c1-3(2)4;2-1-3/h3H,1-2H3;1H2. The van der Waals surface area contributed by atoms with Crippen LogP contribution < -0.4 is 0 Å². The third-order valence-corrected chi connectivity index (χ3v) is 0. The lowest BCUT2D eigenvalue weighted by Crippen LogP contribution is -1.70. The molecule has 3 heteroatoms. The van der Waals surface area contributed by atoms with Crippen molar-refractivity contribution in [2.24, 2.45) is 0 Å². The van der Waals surface area contributed by atoms with E-state index in [1.807, 2.05) is 13.8 Å². The molecule has 0 rings (SSSR count). The molecule has 0 nitrogen and oxygen atoms in total. The van der Waals surface area contributed by atoms with Gasteiger partial charge in [-0.3, -0.25) is 0 Å². The lowest BCUT2D eigenvalue weighted by atomic mass is 10.6. The monoisotopic (exact) mass is 162 g/mol. The van der Waals surface area contributed by atoms with E-state index in [-0.39, 0.29) is 5.34 Å². The van der Waals surface area contributed by atoms with Gasteiger partial charge in [-0.25, -0.2) is 0 Å². The molecule has 0 aliphatic carbocycles. The first-order valence-corrected chi connectivity index (χ1v) is 3.41. The normalized spacial score (nSPS) is 7.71. The minimum Gasteiger partial charge on any atom is -0.124 e. The lowest BCUT2D eigenvalue weighted by molar-refractivity contribution is 1.10. The van der Waals surface area contributed by atoms with Crippen molar-refractivity contribution in [3.63, 3.8) is 0 Å². The Morgan fingerprint density at radius 3 is 1.29 bits per heavy atom. The van der Waals surface area contributed by atoms with Crippen molar-refractivity contribution < 1.29 is 0 Å². The Balaban J connectivity index is 0.